The van der Waals surface area contributed by atoms with Crippen LogP contribution in [-0.2, 0) is 0 Å². The minimum Gasteiger partial charge on any atom is -0.439 e. The smallest absolute Gasteiger partial charge is 0.223 e. The van der Waals surface area contributed by atoms with Crippen molar-refractivity contribution in [2.75, 3.05) is 0 Å². The molecule has 0 amide bonds. The van der Waals surface area contributed by atoms with Crippen molar-refractivity contribution in [2.24, 2.45) is 0 Å². The molecule has 4 rings (SSSR count). The van der Waals surface area contributed by atoms with Gasteiger partial charge in [0.05, 0.1) is 5.52 Å². The summed E-state index contributed by atoms with van der Waals surface area (Å²) in [6.07, 6.45) is 4.10. The molecule has 0 radical (unpaired) electrons. The molecule has 0 saturated heterocycles. The summed E-state index contributed by atoms with van der Waals surface area (Å²) in [5, 5.41) is 1.09. The lowest BCUT2D eigenvalue weighted by Gasteiger charge is -2.07. The zero-order chi connectivity index (χ0) is 14.2. The van der Waals surface area contributed by atoms with Crippen molar-refractivity contribution in [2.45, 2.75) is 18.8 Å². The third-order valence-electron chi connectivity index (χ3n) is 3.43. The molecule has 2 heterocycles. The van der Waals surface area contributed by atoms with Crippen molar-refractivity contribution in [1.82, 2.24) is 15.0 Å². The van der Waals surface area contributed by atoms with E-state index >= 15 is 0 Å². The zero-order valence-corrected chi connectivity index (χ0v) is 12.7. The lowest BCUT2D eigenvalue weighted by Crippen LogP contribution is -1.96. The summed E-state index contributed by atoms with van der Waals surface area (Å²) in [5.41, 5.74) is 0.908. The maximum absolute atomic E-state index is 5.86. The number of pyridine rings is 1. The number of fused-ring (bicyclic) bond motifs is 1. The molecule has 1 saturated carbocycles. The number of benzene rings is 1. The average Bonchev–Trinajstić information content (AvgIpc) is 3.31. The Kier molecular flexibility index (Phi) is 3.07. The normalized spacial score (nSPS) is 14.3. The molecule has 3 aromatic rings. The minimum absolute atomic E-state index is 0.489. The van der Waals surface area contributed by atoms with Gasteiger partial charge in [-0.3, -0.25) is 4.98 Å². The monoisotopic (exact) mass is 341 g/mol. The first kappa shape index (κ1) is 12.7. The molecular formula is C16H12BrN3O. The van der Waals surface area contributed by atoms with E-state index in [9.17, 15) is 0 Å². The fourth-order valence-electron chi connectivity index (χ4n) is 2.22. The second kappa shape index (κ2) is 5.07. The molecule has 0 atom stereocenters. The molecule has 5 heteroatoms. The topological polar surface area (TPSA) is 47.9 Å². The molecule has 0 bridgehead atoms. The molecule has 104 valence electrons. The molecule has 21 heavy (non-hydrogen) atoms. The number of ether oxygens (including phenoxy) is 1. The number of rotatable bonds is 3. The SMILES string of the molecule is Brc1cc(Oc2ccc3cccnc3c2)nc(C2CC2)n1. The number of nitrogens with zero attached hydrogens (tertiary/aromatic N) is 3. The molecule has 0 aliphatic heterocycles. The van der Waals surface area contributed by atoms with Gasteiger partial charge in [-0.05, 0) is 47.0 Å². The van der Waals surface area contributed by atoms with Gasteiger partial charge in [0.2, 0.25) is 5.88 Å². The maximum Gasteiger partial charge on any atom is 0.223 e. The van der Waals surface area contributed by atoms with Crippen molar-refractivity contribution < 1.29 is 4.74 Å². The lowest BCUT2D eigenvalue weighted by molar-refractivity contribution is 0.458. The average molecular weight is 342 g/mol. The predicted octanol–water partition coefficient (Wildman–Crippen LogP) is 4.46. The van der Waals surface area contributed by atoms with Gasteiger partial charge in [0.1, 0.15) is 16.2 Å². The van der Waals surface area contributed by atoms with Crippen LogP contribution >= 0.6 is 15.9 Å². The first-order valence-electron chi connectivity index (χ1n) is 6.85. The van der Waals surface area contributed by atoms with Crippen LogP contribution in [0.4, 0.5) is 0 Å². The first-order valence-corrected chi connectivity index (χ1v) is 7.64. The van der Waals surface area contributed by atoms with E-state index in [-0.39, 0.29) is 0 Å². The van der Waals surface area contributed by atoms with Crippen LogP contribution in [0.3, 0.4) is 0 Å². The van der Waals surface area contributed by atoms with Crippen LogP contribution in [0.25, 0.3) is 10.9 Å². The highest BCUT2D eigenvalue weighted by Gasteiger charge is 2.27. The molecule has 0 N–H and O–H groups in total. The van der Waals surface area contributed by atoms with E-state index in [1.165, 1.54) is 0 Å². The second-order valence-electron chi connectivity index (χ2n) is 5.12. The molecule has 4 nitrogen and oxygen atoms in total. The van der Waals surface area contributed by atoms with Gasteiger partial charge in [-0.15, -0.1) is 0 Å². The highest BCUT2D eigenvalue weighted by molar-refractivity contribution is 9.10. The molecule has 1 aromatic carbocycles. The molecule has 0 spiro atoms. The van der Waals surface area contributed by atoms with Gasteiger partial charge in [0.25, 0.3) is 0 Å². The number of hydrogen-bond acceptors (Lipinski definition) is 4. The van der Waals surface area contributed by atoms with E-state index in [0.29, 0.717) is 11.8 Å². The third-order valence-corrected chi connectivity index (χ3v) is 3.84. The largest absolute Gasteiger partial charge is 0.439 e. The molecule has 0 unspecified atom stereocenters. The Bertz CT molecular complexity index is 817. The van der Waals surface area contributed by atoms with Crippen LogP contribution in [0.15, 0.2) is 47.2 Å². The van der Waals surface area contributed by atoms with E-state index in [2.05, 4.69) is 30.9 Å². The minimum atomic E-state index is 0.489. The van der Waals surface area contributed by atoms with Gasteiger partial charge in [-0.1, -0.05) is 6.07 Å². The third kappa shape index (κ3) is 2.74. The summed E-state index contributed by atoms with van der Waals surface area (Å²) in [6, 6.07) is 11.6. The van der Waals surface area contributed by atoms with Gasteiger partial charge in [-0.2, -0.15) is 4.98 Å². The predicted molar refractivity (Wildman–Crippen MR) is 83.5 cm³/mol. The second-order valence-corrected chi connectivity index (χ2v) is 5.93. The first-order chi connectivity index (χ1) is 10.3. The summed E-state index contributed by atoms with van der Waals surface area (Å²) in [4.78, 5) is 13.2. The van der Waals surface area contributed by atoms with Crippen molar-refractivity contribution in [3.05, 3.63) is 53.0 Å². The zero-order valence-electron chi connectivity index (χ0n) is 11.2. The van der Waals surface area contributed by atoms with Crippen LogP contribution in [-0.4, -0.2) is 15.0 Å². The summed E-state index contributed by atoms with van der Waals surface area (Å²) in [7, 11) is 0. The highest BCUT2D eigenvalue weighted by Crippen LogP contribution is 2.39. The van der Waals surface area contributed by atoms with Crippen LogP contribution in [0, 0.1) is 0 Å². The van der Waals surface area contributed by atoms with Crippen molar-refractivity contribution in [1.29, 1.82) is 0 Å². The number of hydrogen-bond donors (Lipinski definition) is 0. The summed E-state index contributed by atoms with van der Waals surface area (Å²) in [5.74, 6) is 2.64. The van der Waals surface area contributed by atoms with E-state index in [4.69, 9.17) is 4.74 Å². The summed E-state index contributed by atoms with van der Waals surface area (Å²) >= 11 is 3.42. The Morgan fingerprint density at radius 1 is 1.10 bits per heavy atom. The molecule has 2 aromatic heterocycles. The van der Waals surface area contributed by atoms with Gasteiger partial charge in [0.15, 0.2) is 0 Å². The van der Waals surface area contributed by atoms with Crippen molar-refractivity contribution in [3.8, 4) is 11.6 Å². The Morgan fingerprint density at radius 3 is 2.86 bits per heavy atom. The number of halogens is 1. The van der Waals surface area contributed by atoms with Crippen LogP contribution < -0.4 is 4.74 Å². The van der Waals surface area contributed by atoms with E-state index in [1.54, 1.807) is 12.3 Å². The van der Waals surface area contributed by atoms with E-state index in [1.807, 2.05) is 30.3 Å². The van der Waals surface area contributed by atoms with Crippen LogP contribution in [0.5, 0.6) is 11.6 Å². The summed E-state index contributed by atoms with van der Waals surface area (Å²) < 4.78 is 6.62. The maximum atomic E-state index is 5.86. The Balaban J connectivity index is 1.67. The van der Waals surface area contributed by atoms with Gasteiger partial charge >= 0.3 is 0 Å². The fraction of sp³-hybridized carbons (Fsp3) is 0.188. The molecule has 1 fully saturated rings. The van der Waals surface area contributed by atoms with Crippen molar-refractivity contribution in [3.63, 3.8) is 0 Å². The standard InChI is InChI=1S/C16H12BrN3O/c17-14-9-15(20-16(19-14)11-3-4-11)21-12-6-5-10-2-1-7-18-13(10)8-12/h1-2,5-9,11H,3-4H2. The Labute approximate surface area is 130 Å². The lowest BCUT2D eigenvalue weighted by atomic mass is 10.2. The van der Waals surface area contributed by atoms with Crippen molar-refractivity contribution >= 4 is 26.8 Å². The Hall–Kier alpha value is -2.01. The molecular weight excluding hydrogens is 330 g/mol. The number of aromatic nitrogens is 3. The Morgan fingerprint density at radius 2 is 2.00 bits per heavy atom. The van der Waals surface area contributed by atoms with Crippen LogP contribution in [0.1, 0.15) is 24.6 Å². The van der Waals surface area contributed by atoms with Gasteiger partial charge < -0.3 is 4.74 Å². The molecule has 1 aliphatic carbocycles. The van der Waals surface area contributed by atoms with E-state index in [0.717, 1.165) is 39.9 Å². The highest BCUT2D eigenvalue weighted by atomic mass is 79.9. The fourth-order valence-corrected chi connectivity index (χ4v) is 2.60. The van der Waals surface area contributed by atoms with Gasteiger partial charge in [0, 0.05) is 29.6 Å². The quantitative estimate of drug-likeness (QED) is 0.660. The van der Waals surface area contributed by atoms with E-state index < -0.39 is 0 Å². The molecule has 1 aliphatic rings. The van der Waals surface area contributed by atoms with Crippen LogP contribution in [0.2, 0.25) is 0 Å². The summed E-state index contributed by atoms with van der Waals surface area (Å²) in [6.45, 7) is 0. The van der Waals surface area contributed by atoms with Gasteiger partial charge in [-0.25, -0.2) is 4.98 Å².